The van der Waals surface area contributed by atoms with Crippen LogP contribution in [0.3, 0.4) is 0 Å². The van der Waals surface area contributed by atoms with Crippen LogP contribution in [0.1, 0.15) is 17.5 Å². The van der Waals surface area contributed by atoms with Crippen molar-refractivity contribution in [2.24, 2.45) is 0 Å². The van der Waals surface area contributed by atoms with E-state index < -0.39 is 11.7 Å². The van der Waals surface area contributed by atoms with Crippen molar-refractivity contribution in [2.45, 2.75) is 12.8 Å². The Hall–Kier alpha value is -2.86. The molecule has 0 saturated heterocycles. The number of nitrogens with zero attached hydrogens (tertiary/aromatic N) is 1. The Morgan fingerprint density at radius 1 is 1.15 bits per heavy atom. The summed E-state index contributed by atoms with van der Waals surface area (Å²) in [6, 6.07) is 12.2. The smallest absolute Gasteiger partial charge is 0.262 e. The Morgan fingerprint density at radius 3 is 2.78 bits per heavy atom. The third-order valence-electron chi connectivity index (χ3n) is 4.27. The maximum atomic E-state index is 13.7. The molecule has 0 spiro atoms. The van der Waals surface area contributed by atoms with Crippen LogP contribution >= 0.6 is 11.6 Å². The highest BCUT2D eigenvalue weighted by Crippen LogP contribution is 2.26. The van der Waals surface area contributed by atoms with Crippen LogP contribution in [-0.2, 0) is 16.0 Å². The van der Waals surface area contributed by atoms with Crippen LogP contribution in [0.15, 0.2) is 48.5 Å². The van der Waals surface area contributed by atoms with E-state index in [4.69, 9.17) is 11.6 Å². The largest absolute Gasteiger partial charge is 0.362 e. The molecular weight excluding hydrogens is 369 g/mol. The van der Waals surface area contributed by atoms with Crippen molar-refractivity contribution < 1.29 is 14.0 Å². The maximum Gasteiger partial charge on any atom is 0.262 e. The van der Waals surface area contributed by atoms with Crippen LogP contribution in [0.4, 0.5) is 10.1 Å². The molecule has 0 unspecified atom stereocenters. The summed E-state index contributed by atoms with van der Waals surface area (Å²) in [6.07, 6.45) is 4.35. The number of halogens is 2. The molecule has 0 bridgehead atoms. The number of rotatable bonds is 4. The average Bonchev–Trinajstić information content (AvgIpc) is 2.66. The lowest BCUT2D eigenvalue weighted by atomic mass is 10.0. The number of fused-ring (bicyclic) bond motifs is 1. The second-order valence-electron chi connectivity index (χ2n) is 6.16. The van der Waals surface area contributed by atoms with Gasteiger partial charge in [0, 0.05) is 23.9 Å². The first-order chi connectivity index (χ1) is 13.0. The lowest BCUT2D eigenvalue weighted by Crippen LogP contribution is -2.47. The Bertz CT molecular complexity index is 865. The van der Waals surface area contributed by atoms with Crippen LogP contribution in [0.25, 0.3) is 6.08 Å². The summed E-state index contributed by atoms with van der Waals surface area (Å²) in [5, 5.41) is 0.201. The van der Waals surface area contributed by atoms with E-state index in [1.807, 2.05) is 23.1 Å². The highest BCUT2D eigenvalue weighted by atomic mass is 35.5. The molecule has 2 amide bonds. The lowest BCUT2D eigenvalue weighted by Gasteiger charge is -2.30. The SMILES string of the molecule is O=C(/C=C/c1c(F)cccc1Cl)NNC(=O)CN1CCCc2ccccc21. The molecule has 0 atom stereocenters. The quantitative estimate of drug-likeness (QED) is 0.626. The predicted molar refractivity (Wildman–Crippen MR) is 104 cm³/mol. The fourth-order valence-electron chi connectivity index (χ4n) is 2.99. The molecule has 1 aliphatic rings. The summed E-state index contributed by atoms with van der Waals surface area (Å²) < 4.78 is 13.7. The first-order valence-corrected chi connectivity index (χ1v) is 8.96. The number of carbonyl (C=O) groups excluding carboxylic acids is 2. The number of carbonyl (C=O) groups is 2. The van der Waals surface area contributed by atoms with Gasteiger partial charge in [-0.2, -0.15) is 0 Å². The minimum atomic E-state index is -0.582. The van der Waals surface area contributed by atoms with Crippen LogP contribution in [-0.4, -0.2) is 24.9 Å². The van der Waals surface area contributed by atoms with E-state index in [-0.39, 0.29) is 23.0 Å². The zero-order chi connectivity index (χ0) is 19.2. The topological polar surface area (TPSA) is 61.4 Å². The number of hydrazine groups is 1. The van der Waals surface area contributed by atoms with Crippen molar-refractivity contribution in [1.82, 2.24) is 10.9 Å². The number of aryl methyl sites for hydroxylation is 1. The summed E-state index contributed by atoms with van der Waals surface area (Å²) in [5.41, 5.74) is 7.03. The summed E-state index contributed by atoms with van der Waals surface area (Å²) >= 11 is 5.89. The molecule has 140 valence electrons. The van der Waals surface area contributed by atoms with Gasteiger partial charge in [0.2, 0.25) is 0 Å². The minimum absolute atomic E-state index is 0.116. The molecule has 2 N–H and O–H groups in total. The molecule has 27 heavy (non-hydrogen) atoms. The first kappa shape index (κ1) is 18.9. The highest BCUT2D eigenvalue weighted by Gasteiger charge is 2.18. The van der Waals surface area contributed by atoms with E-state index in [9.17, 15) is 14.0 Å². The molecule has 7 heteroatoms. The van der Waals surface area contributed by atoms with Crippen molar-refractivity contribution >= 4 is 35.2 Å². The fraction of sp³-hybridized carbons (Fsp3) is 0.200. The molecule has 2 aromatic carbocycles. The third kappa shape index (κ3) is 4.86. The van der Waals surface area contributed by atoms with Gasteiger partial charge in [0.15, 0.2) is 0 Å². The summed E-state index contributed by atoms with van der Waals surface area (Å²) in [7, 11) is 0. The van der Waals surface area contributed by atoms with Gasteiger partial charge in [0.1, 0.15) is 5.82 Å². The van der Waals surface area contributed by atoms with Gasteiger partial charge in [-0.1, -0.05) is 35.9 Å². The predicted octanol–water partition coefficient (Wildman–Crippen LogP) is 3.09. The van der Waals surface area contributed by atoms with Crippen LogP contribution in [0, 0.1) is 5.82 Å². The molecule has 2 aromatic rings. The van der Waals surface area contributed by atoms with E-state index in [1.54, 1.807) is 0 Å². The Morgan fingerprint density at radius 2 is 1.96 bits per heavy atom. The van der Waals surface area contributed by atoms with E-state index >= 15 is 0 Å². The molecule has 0 radical (unpaired) electrons. The van der Waals surface area contributed by atoms with E-state index in [2.05, 4.69) is 16.9 Å². The molecule has 0 aliphatic carbocycles. The normalized spacial score (nSPS) is 13.3. The number of amides is 2. The zero-order valence-electron chi connectivity index (χ0n) is 14.5. The monoisotopic (exact) mass is 387 g/mol. The van der Waals surface area contributed by atoms with Gasteiger partial charge >= 0.3 is 0 Å². The van der Waals surface area contributed by atoms with Crippen molar-refractivity contribution in [3.8, 4) is 0 Å². The number of nitrogens with one attached hydrogen (secondary N) is 2. The third-order valence-corrected chi connectivity index (χ3v) is 4.60. The summed E-state index contributed by atoms with van der Waals surface area (Å²) in [4.78, 5) is 26.0. The number of anilines is 1. The molecule has 0 aromatic heterocycles. The molecule has 1 aliphatic heterocycles. The zero-order valence-corrected chi connectivity index (χ0v) is 15.3. The minimum Gasteiger partial charge on any atom is -0.362 e. The molecule has 0 saturated carbocycles. The van der Waals surface area contributed by atoms with Crippen LogP contribution in [0.2, 0.25) is 5.02 Å². The van der Waals surface area contributed by atoms with Crippen LogP contribution in [0.5, 0.6) is 0 Å². The Labute approximate surface area is 161 Å². The Kier molecular flexibility index (Phi) is 6.08. The van der Waals surface area contributed by atoms with Gasteiger partial charge in [-0.15, -0.1) is 0 Å². The molecular formula is C20H19ClFN3O2. The summed E-state index contributed by atoms with van der Waals surface area (Å²) in [6.45, 7) is 0.921. The van der Waals surface area contributed by atoms with Crippen molar-refractivity contribution in [2.75, 3.05) is 18.0 Å². The van der Waals surface area contributed by atoms with Gasteiger partial charge in [0.05, 0.1) is 11.6 Å². The number of para-hydroxylation sites is 1. The maximum absolute atomic E-state index is 13.7. The van der Waals surface area contributed by atoms with E-state index in [1.165, 1.54) is 29.8 Å². The second-order valence-corrected chi connectivity index (χ2v) is 6.57. The second kappa shape index (κ2) is 8.68. The van der Waals surface area contributed by atoms with Crippen molar-refractivity contribution in [1.29, 1.82) is 0 Å². The standard InChI is InChI=1S/C20H19ClFN3O2/c21-16-7-3-8-17(22)15(16)10-11-19(26)23-24-20(27)13-25-12-4-6-14-5-1-2-9-18(14)25/h1-3,5,7-11H,4,6,12-13H2,(H,23,26)(H,24,27)/b11-10+. The molecule has 1 heterocycles. The lowest BCUT2D eigenvalue weighted by molar-refractivity contribution is -0.125. The van der Waals surface area contributed by atoms with Gasteiger partial charge < -0.3 is 4.90 Å². The molecule has 3 rings (SSSR count). The average molecular weight is 388 g/mol. The van der Waals surface area contributed by atoms with Crippen molar-refractivity contribution in [3.63, 3.8) is 0 Å². The fourth-order valence-corrected chi connectivity index (χ4v) is 3.22. The highest BCUT2D eigenvalue weighted by molar-refractivity contribution is 6.32. The van der Waals surface area contributed by atoms with E-state index in [0.717, 1.165) is 31.1 Å². The summed E-state index contributed by atoms with van der Waals surface area (Å²) in [5.74, 6) is -1.45. The van der Waals surface area contributed by atoms with E-state index in [0.29, 0.717) is 0 Å². The number of hydrogen-bond donors (Lipinski definition) is 2. The first-order valence-electron chi connectivity index (χ1n) is 8.58. The van der Waals surface area contributed by atoms with Crippen LogP contribution < -0.4 is 15.8 Å². The van der Waals surface area contributed by atoms with Gasteiger partial charge in [-0.3, -0.25) is 20.4 Å². The molecule has 0 fully saturated rings. The van der Waals surface area contributed by atoms with Gasteiger partial charge in [-0.05, 0) is 42.7 Å². The number of hydrogen-bond acceptors (Lipinski definition) is 3. The van der Waals surface area contributed by atoms with Crippen molar-refractivity contribution in [3.05, 3.63) is 70.5 Å². The molecule has 5 nitrogen and oxygen atoms in total. The Balaban J connectivity index is 1.52. The van der Waals surface area contributed by atoms with Gasteiger partial charge in [-0.25, -0.2) is 4.39 Å². The number of benzene rings is 2. The van der Waals surface area contributed by atoms with Gasteiger partial charge in [0.25, 0.3) is 11.8 Å².